The van der Waals surface area contributed by atoms with E-state index in [-0.39, 0.29) is 6.61 Å². The highest BCUT2D eigenvalue weighted by Crippen LogP contribution is 2.01. The van der Waals surface area contributed by atoms with Gasteiger partial charge in [0.05, 0.1) is 6.07 Å². The van der Waals surface area contributed by atoms with Gasteiger partial charge in [-0.05, 0) is 33.2 Å². The molecule has 0 spiro atoms. The number of nitrogens with one attached hydrogen (secondary N) is 1. The molecule has 0 saturated heterocycles. The molecule has 0 saturated carbocycles. The smallest absolute Gasteiger partial charge is 0.101 e. The van der Waals surface area contributed by atoms with Crippen LogP contribution >= 0.6 is 0 Å². The number of nitriles is 1. The highest BCUT2D eigenvalue weighted by molar-refractivity contribution is 4.99. The van der Waals surface area contributed by atoms with Gasteiger partial charge in [0.15, 0.2) is 0 Å². The first-order valence-corrected chi connectivity index (χ1v) is 4.89. The minimum Gasteiger partial charge on any atom is -0.396 e. The van der Waals surface area contributed by atoms with Crippen LogP contribution in [0.3, 0.4) is 0 Å². The Hall–Kier alpha value is -0.590. The highest BCUT2D eigenvalue weighted by Gasteiger charge is 2.13. The fourth-order valence-corrected chi connectivity index (χ4v) is 1.03. The summed E-state index contributed by atoms with van der Waals surface area (Å²) in [5, 5.41) is 20.4. The normalized spacial score (nSPS) is 11.2. The molecule has 0 heterocycles. The summed E-state index contributed by atoms with van der Waals surface area (Å²) >= 11 is 0. The molecule has 0 aliphatic carbocycles. The third-order valence-electron chi connectivity index (χ3n) is 1.93. The summed E-state index contributed by atoms with van der Waals surface area (Å²) < 4.78 is 0. The Kier molecular flexibility index (Phi) is 6.56. The average molecular weight is 184 g/mol. The van der Waals surface area contributed by atoms with Crippen LogP contribution in [0.4, 0.5) is 0 Å². The van der Waals surface area contributed by atoms with E-state index in [1.165, 1.54) is 0 Å². The van der Waals surface area contributed by atoms with E-state index in [1.807, 2.05) is 13.8 Å². The first-order chi connectivity index (χ1) is 6.12. The molecule has 3 nitrogen and oxygen atoms in total. The summed E-state index contributed by atoms with van der Waals surface area (Å²) in [6, 6.07) is 2.19. The summed E-state index contributed by atoms with van der Waals surface area (Å²) in [5.41, 5.74) is -0.406. The second kappa shape index (κ2) is 6.88. The first-order valence-electron chi connectivity index (χ1n) is 4.89. The van der Waals surface area contributed by atoms with Gasteiger partial charge in [0.2, 0.25) is 0 Å². The zero-order valence-electron chi connectivity index (χ0n) is 8.64. The number of hydrogen-bond acceptors (Lipinski definition) is 3. The molecule has 2 N–H and O–H groups in total. The molecule has 0 aromatic carbocycles. The molecule has 0 unspecified atom stereocenters. The summed E-state index contributed by atoms with van der Waals surface area (Å²) in [7, 11) is 0. The van der Waals surface area contributed by atoms with Crippen molar-refractivity contribution in [3.63, 3.8) is 0 Å². The minimum absolute atomic E-state index is 0.289. The standard InChI is InChI=1S/C10H20N2O/c1-10(2,9-11)12-7-5-3-4-6-8-13/h12-13H,3-8H2,1-2H3. The Morgan fingerprint density at radius 2 is 1.85 bits per heavy atom. The van der Waals surface area contributed by atoms with Crippen LogP contribution < -0.4 is 5.32 Å². The van der Waals surface area contributed by atoms with Crippen LogP contribution in [0.25, 0.3) is 0 Å². The molecule has 0 aromatic rings. The molecule has 0 aliphatic rings. The van der Waals surface area contributed by atoms with E-state index in [9.17, 15) is 0 Å². The van der Waals surface area contributed by atoms with Crippen LogP contribution in [0.1, 0.15) is 39.5 Å². The lowest BCUT2D eigenvalue weighted by Gasteiger charge is -2.16. The van der Waals surface area contributed by atoms with Crippen molar-refractivity contribution < 1.29 is 5.11 Å². The van der Waals surface area contributed by atoms with Gasteiger partial charge in [0, 0.05) is 6.61 Å². The first kappa shape index (κ1) is 12.4. The Balaban J connectivity index is 3.22. The van der Waals surface area contributed by atoms with Gasteiger partial charge in [-0.25, -0.2) is 0 Å². The van der Waals surface area contributed by atoms with Crippen LogP contribution in [0.2, 0.25) is 0 Å². The van der Waals surface area contributed by atoms with E-state index in [0.29, 0.717) is 0 Å². The molecule has 0 aliphatic heterocycles. The SMILES string of the molecule is CC(C)(C#N)NCCCCCCO. The van der Waals surface area contributed by atoms with Crippen molar-refractivity contribution in [3.8, 4) is 6.07 Å². The van der Waals surface area contributed by atoms with Gasteiger partial charge in [-0.1, -0.05) is 12.8 Å². The van der Waals surface area contributed by atoms with Gasteiger partial charge in [-0.2, -0.15) is 5.26 Å². The number of aliphatic hydroxyl groups excluding tert-OH is 1. The number of unbranched alkanes of at least 4 members (excludes halogenated alkanes) is 3. The van der Waals surface area contributed by atoms with E-state index in [4.69, 9.17) is 10.4 Å². The fraction of sp³-hybridized carbons (Fsp3) is 0.900. The molecular formula is C10H20N2O. The lowest BCUT2D eigenvalue weighted by molar-refractivity contribution is 0.282. The monoisotopic (exact) mass is 184 g/mol. The molecule has 76 valence electrons. The molecule has 0 radical (unpaired) electrons. The van der Waals surface area contributed by atoms with Crippen LogP contribution in [0.15, 0.2) is 0 Å². The number of rotatable bonds is 7. The van der Waals surface area contributed by atoms with Crippen molar-refractivity contribution in [2.24, 2.45) is 0 Å². The van der Waals surface area contributed by atoms with E-state index in [0.717, 1.165) is 32.2 Å². The highest BCUT2D eigenvalue weighted by atomic mass is 16.2. The molecule has 0 bridgehead atoms. The maximum Gasteiger partial charge on any atom is 0.101 e. The third-order valence-corrected chi connectivity index (χ3v) is 1.93. The Bertz CT molecular complexity index is 161. The second-order valence-electron chi connectivity index (χ2n) is 3.80. The zero-order chi connectivity index (χ0) is 10.2. The molecule has 0 aromatic heterocycles. The van der Waals surface area contributed by atoms with Crippen molar-refractivity contribution in [2.45, 2.75) is 45.1 Å². The number of hydrogen-bond donors (Lipinski definition) is 2. The molecule has 0 fully saturated rings. The molecule has 0 amide bonds. The van der Waals surface area contributed by atoms with Gasteiger partial charge in [-0.3, -0.25) is 5.32 Å². The maximum atomic E-state index is 8.69. The van der Waals surface area contributed by atoms with Crippen molar-refractivity contribution in [1.82, 2.24) is 5.32 Å². The predicted molar refractivity (Wildman–Crippen MR) is 53.2 cm³/mol. The maximum absolute atomic E-state index is 8.69. The largest absolute Gasteiger partial charge is 0.396 e. The van der Waals surface area contributed by atoms with Crippen molar-refractivity contribution >= 4 is 0 Å². The Labute approximate surface area is 80.8 Å². The van der Waals surface area contributed by atoms with Crippen LogP contribution in [0, 0.1) is 11.3 Å². The topological polar surface area (TPSA) is 56.0 Å². The van der Waals surface area contributed by atoms with Gasteiger partial charge >= 0.3 is 0 Å². The molecular weight excluding hydrogens is 164 g/mol. The molecule has 13 heavy (non-hydrogen) atoms. The summed E-state index contributed by atoms with van der Waals surface area (Å²) in [5.74, 6) is 0. The molecule has 3 heteroatoms. The van der Waals surface area contributed by atoms with Gasteiger partial charge < -0.3 is 5.11 Å². The van der Waals surface area contributed by atoms with Crippen molar-refractivity contribution in [2.75, 3.05) is 13.2 Å². The molecule has 0 rings (SSSR count). The van der Waals surface area contributed by atoms with Crippen molar-refractivity contribution in [3.05, 3.63) is 0 Å². The average Bonchev–Trinajstić information content (AvgIpc) is 2.11. The summed E-state index contributed by atoms with van der Waals surface area (Å²) in [4.78, 5) is 0. The molecule has 0 atom stereocenters. The van der Waals surface area contributed by atoms with Gasteiger partial charge in [0.25, 0.3) is 0 Å². The summed E-state index contributed by atoms with van der Waals surface area (Å²) in [6.45, 7) is 4.92. The van der Waals surface area contributed by atoms with E-state index < -0.39 is 5.54 Å². The lowest BCUT2D eigenvalue weighted by Crippen LogP contribution is -2.38. The van der Waals surface area contributed by atoms with Crippen LogP contribution in [0.5, 0.6) is 0 Å². The van der Waals surface area contributed by atoms with E-state index in [2.05, 4.69) is 11.4 Å². The van der Waals surface area contributed by atoms with E-state index >= 15 is 0 Å². The zero-order valence-corrected chi connectivity index (χ0v) is 8.64. The number of nitrogens with zero attached hydrogens (tertiary/aromatic N) is 1. The summed E-state index contributed by atoms with van der Waals surface area (Å²) in [6.07, 6.45) is 4.16. The van der Waals surface area contributed by atoms with Crippen LogP contribution in [-0.2, 0) is 0 Å². The Morgan fingerprint density at radius 3 is 2.38 bits per heavy atom. The third kappa shape index (κ3) is 7.76. The second-order valence-corrected chi connectivity index (χ2v) is 3.80. The van der Waals surface area contributed by atoms with E-state index in [1.54, 1.807) is 0 Å². The van der Waals surface area contributed by atoms with Gasteiger partial charge in [0.1, 0.15) is 5.54 Å². The fourth-order valence-electron chi connectivity index (χ4n) is 1.03. The lowest BCUT2D eigenvalue weighted by atomic mass is 10.1. The van der Waals surface area contributed by atoms with Gasteiger partial charge in [-0.15, -0.1) is 0 Å². The van der Waals surface area contributed by atoms with Crippen LogP contribution in [-0.4, -0.2) is 23.8 Å². The predicted octanol–water partition coefficient (Wildman–Crippen LogP) is 1.43. The Morgan fingerprint density at radius 1 is 1.23 bits per heavy atom. The van der Waals surface area contributed by atoms with Crippen molar-refractivity contribution in [1.29, 1.82) is 5.26 Å². The quantitative estimate of drug-likeness (QED) is 0.588. The minimum atomic E-state index is -0.406. The number of aliphatic hydroxyl groups is 1.